The zero-order chi connectivity index (χ0) is 14.4. The first-order chi connectivity index (χ1) is 9.65. The highest BCUT2D eigenvalue weighted by molar-refractivity contribution is 5.76. The van der Waals surface area contributed by atoms with Gasteiger partial charge in [0.1, 0.15) is 5.60 Å². The normalized spacial score (nSPS) is 22.8. The molecule has 1 saturated heterocycles. The van der Waals surface area contributed by atoms with Gasteiger partial charge in [-0.2, -0.15) is 0 Å². The molecule has 1 fully saturated rings. The lowest BCUT2D eigenvalue weighted by Gasteiger charge is -2.41. The smallest absolute Gasteiger partial charge is 0.225 e. The van der Waals surface area contributed by atoms with Crippen molar-refractivity contribution in [1.82, 2.24) is 4.90 Å². The van der Waals surface area contributed by atoms with Gasteiger partial charge in [0, 0.05) is 13.2 Å². The van der Waals surface area contributed by atoms with Gasteiger partial charge in [-0.05, 0) is 19.4 Å². The van der Waals surface area contributed by atoms with Gasteiger partial charge in [0.05, 0.1) is 26.2 Å². The largest absolute Gasteiger partial charge is 0.381 e. The van der Waals surface area contributed by atoms with Crippen LogP contribution in [-0.2, 0) is 19.9 Å². The number of amides is 1. The third kappa shape index (κ3) is 3.58. The van der Waals surface area contributed by atoms with Gasteiger partial charge < -0.3 is 14.4 Å². The van der Waals surface area contributed by atoms with Crippen LogP contribution < -0.4 is 0 Å². The molecule has 0 saturated carbocycles. The SMILES string of the molecule is CCOCCC(=O)N1CCO[C@@](C)(c2ccccc2)C1. The lowest BCUT2D eigenvalue weighted by molar-refractivity contribution is -0.150. The number of hydrogen-bond acceptors (Lipinski definition) is 3. The molecule has 0 aromatic heterocycles. The van der Waals surface area contributed by atoms with Crippen LogP contribution in [0.25, 0.3) is 0 Å². The molecular weight excluding hydrogens is 254 g/mol. The summed E-state index contributed by atoms with van der Waals surface area (Å²) in [5.74, 6) is 0.143. The second-order valence-electron chi connectivity index (χ2n) is 5.21. The van der Waals surface area contributed by atoms with E-state index in [4.69, 9.17) is 9.47 Å². The first kappa shape index (κ1) is 15.0. The molecule has 4 heteroatoms. The Bertz CT molecular complexity index is 435. The van der Waals surface area contributed by atoms with E-state index in [1.54, 1.807) is 0 Å². The molecule has 1 aromatic rings. The Morgan fingerprint density at radius 3 is 2.85 bits per heavy atom. The molecule has 1 aromatic carbocycles. The van der Waals surface area contributed by atoms with Crippen molar-refractivity contribution in [2.75, 3.05) is 32.9 Å². The number of carbonyl (C=O) groups is 1. The summed E-state index contributed by atoms with van der Waals surface area (Å²) in [6.07, 6.45) is 0.443. The molecule has 0 N–H and O–H groups in total. The molecule has 20 heavy (non-hydrogen) atoms. The van der Waals surface area contributed by atoms with Crippen molar-refractivity contribution in [3.8, 4) is 0 Å². The zero-order valence-electron chi connectivity index (χ0n) is 12.3. The van der Waals surface area contributed by atoms with Gasteiger partial charge >= 0.3 is 0 Å². The molecule has 110 valence electrons. The number of benzene rings is 1. The van der Waals surface area contributed by atoms with Crippen LogP contribution in [0.1, 0.15) is 25.8 Å². The Labute approximate surface area is 120 Å². The molecule has 0 bridgehead atoms. The Hall–Kier alpha value is -1.39. The molecule has 1 aliphatic rings. The fraction of sp³-hybridized carbons (Fsp3) is 0.562. The number of carbonyl (C=O) groups excluding carboxylic acids is 1. The van der Waals surface area contributed by atoms with Gasteiger partial charge in [-0.1, -0.05) is 30.3 Å². The van der Waals surface area contributed by atoms with Crippen molar-refractivity contribution < 1.29 is 14.3 Å². The second-order valence-corrected chi connectivity index (χ2v) is 5.21. The predicted octanol–water partition coefficient (Wildman–Crippen LogP) is 2.19. The minimum Gasteiger partial charge on any atom is -0.381 e. The van der Waals surface area contributed by atoms with E-state index in [1.807, 2.05) is 49.1 Å². The summed E-state index contributed by atoms with van der Waals surface area (Å²) in [5, 5.41) is 0. The Morgan fingerprint density at radius 2 is 2.15 bits per heavy atom. The van der Waals surface area contributed by atoms with Crippen molar-refractivity contribution >= 4 is 5.91 Å². The maximum absolute atomic E-state index is 12.2. The Morgan fingerprint density at radius 1 is 1.40 bits per heavy atom. The molecule has 2 rings (SSSR count). The van der Waals surface area contributed by atoms with Crippen LogP contribution in [0, 0.1) is 0 Å². The summed E-state index contributed by atoms with van der Waals surface area (Å²) in [6, 6.07) is 10.1. The van der Waals surface area contributed by atoms with E-state index in [-0.39, 0.29) is 5.91 Å². The topological polar surface area (TPSA) is 38.8 Å². The number of nitrogens with zero attached hydrogens (tertiary/aromatic N) is 1. The maximum Gasteiger partial charge on any atom is 0.225 e. The van der Waals surface area contributed by atoms with Gasteiger partial charge in [-0.25, -0.2) is 0 Å². The van der Waals surface area contributed by atoms with Crippen molar-refractivity contribution in [1.29, 1.82) is 0 Å². The highest BCUT2D eigenvalue weighted by Crippen LogP contribution is 2.29. The van der Waals surface area contributed by atoms with Crippen molar-refractivity contribution in [3.05, 3.63) is 35.9 Å². The molecule has 1 amide bonds. The molecule has 0 spiro atoms. The van der Waals surface area contributed by atoms with Crippen molar-refractivity contribution in [2.45, 2.75) is 25.9 Å². The van der Waals surface area contributed by atoms with E-state index in [9.17, 15) is 4.79 Å². The van der Waals surface area contributed by atoms with Gasteiger partial charge in [0.15, 0.2) is 0 Å². The van der Waals surface area contributed by atoms with E-state index in [0.717, 1.165) is 5.56 Å². The van der Waals surface area contributed by atoms with Gasteiger partial charge in [0.2, 0.25) is 5.91 Å². The lowest BCUT2D eigenvalue weighted by atomic mass is 9.94. The molecule has 1 aliphatic heterocycles. The highest BCUT2D eigenvalue weighted by atomic mass is 16.5. The monoisotopic (exact) mass is 277 g/mol. The van der Waals surface area contributed by atoms with E-state index < -0.39 is 5.60 Å². The minimum absolute atomic E-state index is 0.143. The Balaban J connectivity index is 1.99. The van der Waals surface area contributed by atoms with E-state index in [1.165, 1.54) is 0 Å². The molecule has 4 nitrogen and oxygen atoms in total. The standard InChI is InChI=1S/C16H23NO3/c1-3-19-11-9-15(18)17-10-12-20-16(2,13-17)14-7-5-4-6-8-14/h4-8H,3,9-13H2,1-2H3/t16-/m1/s1. The third-order valence-electron chi connectivity index (χ3n) is 3.68. The van der Waals surface area contributed by atoms with E-state index in [2.05, 4.69) is 0 Å². The summed E-state index contributed by atoms with van der Waals surface area (Å²) < 4.78 is 11.2. The predicted molar refractivity (Wildman–Crippen MR) is 77.4 cm³/mol. The fourth-order valence-corrected chi connectivity index (χ4v) is 2.51. The van der Waals surface area contributed by atoms with Crippen LogP contribution in [0.15, 0.2) is 30.3 Å². The van der Waals surface area contributed by atoms with Crippen LogP contribution in [-0.4, -0.2) is 43.7 Å². The van der Waals surface area contributed by atoms with Crippen LogP contribution >= 0.6 is 0 Å². The second kappa shape index (κ2) is 6.86. The van der Waals surface area contributed by atoms with Crippen LogP contribution in [0.5, 0.6) is 0 Å². The molecule has 1 heterocycles. The minimum atomic E-state index is -0.416. The molecule has 0 radical (unpaired) electrons. The van der Waals surface area contributed by atoms with Gasteiger partial charge in [0.25, 0.3) is 0 Å². The zero-order valence-corrected chi connectivity index (χ0v) is 12.3. The molecule has 1 atom stereocenters. The quantitative estimate of drug-likeness (QED) is 0.774. The van der Waals surface area contributed by atoms with E-state index in [0.29, 0.717) is 39.3 Å². The number of morpholine rings is 1. The number of hydrogen-bond donors (Lipinski definition) is 0. The fourth-order valence-electron chi connectivity index (χ4n) is 2.51. The highest BCUT2D eigenvalue weighted by Gasteiger charge is 2.35. The van der Waals surface area contributed by atoms with Gasteiger partial charge in [-0.3, -0.25) is 4.79 Å². The molecular formula is C16H23NO3. The average Bonchev–Trinajstić information content (AvgIpc) is 2.48. The molecule has 0 aliphatic carbocycles. The molecule has 0 unspecified atom stereocenters. The van der Waals surface area contributed by atoms with E-state index >= 15 is 0 Å². The lowest BCUT2D eigenvalue weighted by Crippen LogP contribution is -2.50. The first-order valence-corrected chi connectivity index (χ1v) is 7.21. The van der Waals surface area contributed by atoms with Crippen molar-refractivity contribution in [2.24, 2.45) is 0 Å². The van der Waals surface area contributed by atoms with Crippen LogP contribution in [0.3, 0.4) is 0 Å². The summed E-state index contributed by atoms with van der Waals surface area (Å²) in [7, 11) is 0. The van der Waals surface area contributed by atoms with Crippen LogP contribution in [0.2, 0.25) is 0 Å². The third-order valence-corrected chi connectivity index (χ3v) is 3.68. The average molecular weight is 277 g/mol. The number of rotatable bonds is 5. The summed E-state index contributed by atoms with van der Waals surface area (Å²) in [5.41, 5.74) is 0.697. The summed E-state index contributed by atoms with van der Waals surface area (Å²) in [4.78, 5) is 14.1. The van der Waals surface area contributed by atoms with Crippen LogP contribution in [0.4, 0.5) is 0 Å². The summed E-state index contributed by atoms with van der Waals surface area (Å²) >= 11 is 0. The first-order valence-electron chi connectivity index (χ1n) is 7.21. The Kier molecular flexibility index (Phi) is 5.15. The number of ether oxygens (including phenoxy) is 2. The van der Waals surface area contributed by atoms with Crippen molar-refractivity contribution in [3.63, 3.8) is 0 Å². The summed E-state index contributed by atoms with van der Waals surface area (Å²) in [6.45, 7) is 6.96. The maximum atomic E-state index is 12.2. The van der Waals surface area contributed by atoms with Gasteiger partial charge in [-0.15, -0.1) is 0 Å².